The highest BCUT2D eigenvalue weighted by Crippen LogP contribution is 2.19. The van der Waals surface area contributed by atoms with E-state index in [-0.39, 0.29) is 37.0 Å². The summed E-state index contributed by atoms with van der Waals surface area (Å²) in [6.45, 7) is 0.771. The molecule has 1 saturated heterocycles. The van der Waals surface area contributed by atoms with Crippen molar-refractivity contribution in [1.29, 1.82) is 0 Å². The molecule has 3 rings (SSSR count). The summed E-state index contributed by atoms with van der Waals surface area (Å²) < 4.78 is 51.3. The zero-order chi connectivity index (χ0) is 19.6. The molecule has 1 heterocycles. The van der Waals surface area contributed by atoms with E-state index in [4.69, 9.17) is 0 Å². The van der Waals surface area contributed by atoms with Crippen LogP contribution >= 0.6 is 0 Å². The lowest BCUT2D eigenvalue weighted by Gasteiger charge is -2.34. The Labute approximate surface area is 160 Å². The molecule has 1 aliphatic rings. The topological polar surface area (TPSA) is 74.8 Å². The predicted molar refractivity (Wildman–Crippen MR) is 99.8 cm³/mol. The number of halogens is 1. The van der Waals surface area contributed by atoms with Gasteiger partial charge in [-0.15, -0.1) is 0 Å². The molecule has 27 heavy (non-hydrogen) atoms. The van der Waals surface area contributed by atoms with E-state index in [9.17, 15) is 21.8 Å². The molecule has 1 aliphatic heterocycles. The van der Waals surface area contributed by atoms with Gasteiger partial charge in [-0.2, -0.15) is 4.31 Å². The fourth-order valence-corrected chi connectivity index (χ4v) is 4.85. The maximum atomic E-state index is 13.3. The van der Waals surface area contributed by atoms with Gasteiger partial charge in [0.25, 0.3) is 5.91 Å². The predicted octanol–water partition coefficient (Wildman–Crippen LogP) is 1.71. The second-order valence-corrected chi connectivity index (χ2v) is 9.45. The van der Waals surface area contributed by atoms with Gasteiger partial charge in [-0.25, -0.2) is 12.8 Å². The maximum absolute atomic E-state index is 13.3. The van der Waals surface area contributed by atoms with E-state index in [1.165, 1.54) is 22.5 Å². The smallest absolute Gasteiger partial charge is 0.253 e. The molecule has 9 heteroatoms. The average Bonchev–Trinajstić information content (AvgIpc) is 2.67. The van der Waals surface area contributed by atoms with Crippen molar-refractivity contribution in [2.75, 3.05) is 32.4 Å². The SMILES string of the molecule is CS(=O)c1ccc(C(=O)N2CCN(S(=O)(=O)c3cccc(F)c3)CC2)cc1. The number of sulfonamides is 1. The van der Waals surface area contributed by atoms with Crippen LogP contribution in [0.5, 0.6) is 0 Å². The van der Waals surface area contributed by atoms with Crippen LogP contribution in [-0.2, 0) is 20.8 Å². The molecular formula is C18H19FN2O4S2. The Bertz CT molecular complexity index is 969. The normalized spacial score (nSPS) is 16.9. The molecule has 0 aromatic heterocycles. The molecular weight excluding hydrogens is 391 g/mol. The quantitative estimate of drug-likeness (QED) is 0.769. The van der Waals surface area contributed by atoms with Crippen LogP contribution in [-0.4, -0.2) is 60.2 Å². The van der Waals surface area contributed by atoms with E-state index in [0.717, 1.165) is 6.07 Å². The van der Waals surface area contributed by atoms with Crippen molar-refractivity contribution in [3.63, 3.8) is 0 Å². The summed E-state index contributed by atoms with van der Waals surface area (Å²) in [5.41, 5.74) is 0.464. The van der Waals surface area contributed by atoms with Crippen molar-refractivity contribution in [3.05, 3.63) is 59.9 Å². The number of carbonyl (C=O) groups excluding carboxylic acids is 1. The minimum absolute atomic E-state index is 0.0922. The Morgan fingerprint density at radius 2 is 1.67 bits per heavy atom. The van der Waals surface area contributed by atoms with Crippen LogP contribution in [0.25, 0.3) is 0 Å². The summed E-state index contributed by atoms with van der Waals surface area (Å²) in [7, 11) is -4.91. The standard InChI is InChI=1S/C18H19FN2O4S2/c1-26(23)16-7-5-14(6-8-16)18(22)20-9-11-21(12-10-20)27(24,25)17-4-2-3-15(19)13-17/h2-8,13H,9-12H2,1H3. The average molecular weight is 410 g/mol. The third-order valence-corrected chi connectivity index (χ3v) is 7.22. The lowest BCUT2D eigenvalue weighted by molar-refractivity contribution is 0.0698. The lowest BCUT2D eigenvalue weighted by atomic mass is 10.2. The summed E-state index contributed by atoms with van der Waals surface area (Å²) >= 11 is 0. The molecule has 0 saturated carbocycles. The summed E-state index contributed by atoms with van der Waals surface area (Å²) in [4.78, 5) is 14.7. The molecule has 0 spiro atoms. The Balaban J connectivity index is 1.67. The number of piperazine rings is 1. The van der Waals surface area contributed by atoms with Gasteiger partial charge in [0.15, 0.2) is 0 Å². The molecule has 1 atom stereocenters. The Morgan fingerprint density at radius 3 is 2.22 bits per heavy atom. The second-order valence-electron chi connectivity index (χ2n) is 6.13. The van der Waals surface area contributed by atoms with Crippen LogP contribution in [0.15, 0.2) is 58.3 Å². The summed E-state index contributed by atoms with van der Waals surface area (Å²) in [5, 5.41) is 0. The zero-order valence-electron chi connectivity index (χ0n) is 14.7. The van der Waals surface area contributed by atoms with Gasteiger partial charge in [-0.05, 0) is 42.5 Å². The van der Waals surface area contributed by atoms with E-state index in [0.29, 0.717) is 10.5 Å². The molecule has 6 nitrogen and oxygen atoms in total. The first-order valence-corrected chi connectivity index (χ1v) is 11.3. The lowest BCUT2D eigenvalue weighted by Crippen LogP contribution is -2.50. The third kappa shape index (κ3) is 4.26. The van der Waals surface area contributed by atoms with Crippen molar-refractivity contribution >= 4 is 26.7 Å². The number of hydrogen-bond acceptors (Lipinski definition) is 4. The van der Waals surface area contributed by atoms with E-state index < -0.39 is 26.6 Å². The Kier molecular flexibility index (Phi) is 5.73. The Hall–Kier alpha value is -2.10. The number of nitrogens with zero attached hydrogens (tertiary/aromatic N) is 2. The number of rotatable bonds is 4. The number of carbonyl (C=O) groups is 1. The summed E-state index contributed by atoms with van der Waals surface area (Å²) in [5.74, 6) is -0.812. The molecule has 1 unspecified atom stereocenters. The fraction of sp³-hybridized carbons (Fsp3) is 0.278. The molecule has 144 valence electrons. The molecule has 2 aromatic carbocycles. The van der Waals surface area contributed by atoms with Crippen molar-refractivity contribution in [2.24, 2.45) is 0 Å². The highest BCUT2D eigenvalue weighted by Gasteiger charge is 2.30. The van der Waals surface area contributed by atoms with Gasteiger partial charge in [0.2, 0.25) is 10.0 Å². The molecule has 1 fully saturated rings. The van der Waals surface area contributed by atoms with Gasteiger partial charge in [-0.1, -0.05) is 6.07 Å². The highest BCUT2D eigenvalue weighted by atomic mass is 32.2. The minimum atomic E-state index is -3.79. The van der Waals surface area contributed by atoms with Gasteiger partial charge < -0.3 is 4.90 Å². The van der Waals surface area contributed by atoms with E-state index >= 15 is 0 Å². The van der Waals surface area contributed by atoms with Gasteiger partial charge in [0, 0.05) is 53.7 Å². The monoisotopic (exact) mass is 410 g/mol. The van der Waals surface area contributed by atoms with Gasteiger partial charge in [-0.3, -0.25) is 9.00 Å². The second kappa shape index (κ2) is 7.87. The van der Waals surface area contributed by atoms with Gasteiger partial charge in [0.05, 0.1) is 4.90 Å². The maximum Gasteiger partial charge on any atom is 0.253 e. The highest BCUT2D eigenvalue weighted by molar-refractivity contribution is 7.89. The largest absolute Gasteiger partial charge is 0.336 e. The number of amides is 1. The van der Waals surface area contributed by atoms with E-state index in [1.54, 1.807) is 35.4 Å². The third-order valence-electron chi connectivity index (χ3n) is 4.39. The summed E-state index contributed by atoms with van der Waals surface area (Å²) in [6, 6.07) is 11.4. The van der Waals surface area contributed by atoms with Crippen LogP contribution in [0.4, 0.5) is 4.39 Å². The van der Waals surface area contributed by atoms with Crippen LogP contribution in [0.3, 0.4) is 0 Å². The van der Waals surface area contributed by atoms with Crippen molar-refractivity contribution in [2.45, 2.75) is 9.79 Å². The first-order chi connectivity index (χ1) is 12.8. The molecule has 0 N–H and O–H groups in total. The molecule has 2 aromatic rings. The first-order valence-electron chi connectivity index (χ1n) is 8.27. The molecule has 1 amide bonds. The van der Waals surface area contributed by atoms with Crippen molar-refractivity contribution in [1.82, 2.24) is 9.21 Å². The van der Waals surface area contributed by atoms with Crippen LogP contribution in [0.1, 0.15) is 10.4 Å². The first kappa shape index (κ1) is 19.7. The van der Waals surface area contributed by atoms with Gasteiger partial charge in [0.1, 0.15) is 5.82 Å². The number of hydrogen-bond donors (Lipinski definition) is 0. The van der Waals surface area contributed by atoms with Gasteiger partial charge >= 0.3 is 0 Å². The minimum Gasteiger partial charge on any atom is -0.336 e. The Morgan fingerprint density at radius 1 is 1.04 bits per heavy atom. The van der Waals surface area contributed by atoms with E-state index in [2.05, 4.69) is 0 Å². The van der Waals surface area contributed by atoms with Crippen LogP contribution in [0.2, 0.25) is 0 Å². The van der Waals surface area contributed by atoms with E-state index in [1.807, 2.05) is 0 Å². The number of benzene rings is 2. The molecule has 0 radical (unpaired) electrons. The van der Waals surface area contributed by atoms with Crippen molar-refractivity contribution < 1.29 is 21.8 Å². The summed E-state index contributed by atoms with van der Waals surface area (Å²) in [6.07, 6.45) is 1.56. The van der Waals surface area contributed by atoms with Crippen LogP contribution in [0, 0.1) is 5.82 Å². The van der Waals surface area contributed by atoms with Crippen molar-refractivity contribution in [3.8, 4) is 0 Å². The zero-order valence-corrected chi connectivity index (χ0v) is 16.3. The fourth-order valence-electron chi connectivity index (χ4n) is 2.88. The molecule has 0 aliphatic carbocycles. The molecule has 0 bridgehead atoms. The van der Waals surface area contributed by atoms with Crippen LogP contribution < -0.4 is 0 Å².